The summed E-state index contributed by atoms with van der Waals surface area (Å²) in [5.74, 6) is 0.420. The number of pyridine rings is 1. The monoisotopic (exact) mass is 428 g/mol. The summed E-state index contributed by atoms with van der Waals surface area (Å²) in [5, 5.41) is 20.3. The molecule has 2 unspecified atom stereocenters. The van der Waals surface area contributed by atoms with Crippen molar-refractivity contribution in [2.24, 2.45) is 5.92 Å². The van der Waals surface area contributed by atoms with Gasteiger partial charge in [-0.15, -0.1) is 0 Å². The summed E-state index contributed by atoms with van der Waals surface area (Å²) in [5.41, 5.74) is 4.26. The summed E-state index contributed by atoms with van der Waals surface area (Å²) in [6.45, 7) is 0.629. The molecule has 2 aromatic rings. The average Bonchev–Trinajstić information content (AvgIpc) is 3.13. The molecule has 5 nitrogen and oxygen atoms in total. The first kappa shape index (κ1) is 19.8. The van der Waals surface area contributed by atoms with E-state index < -0.39 is 0 Å². The number of benzene rings is 1. The molecule has 0 bridgehead atoms. The molecule has 0 saturated carbocycles. The van der Waals surface area contributed by atoms with Gasteiger partial charge in [-0.3, -0.25) is 4.98 Å². The number of aliphatic hydroxyl groups excluding tert-OH is 1. The molecule has 4 N–H and O–H groups in total. The van der Waals surface area contributed by atoms with Gasteiger partial charge in [0, 0.05) is 30.0 Å². The first-order valence-corrected chi connectivity index (χ1v) is 10.3. The topological polar surface area (TPSA) is 69.2 Å². The predicted octanol–water partition coefficient (Wildman–Crippen LogP) is 5.02. The maximum atomic E-state index is 9.22. The van der Waals surface area contributed by atoms with Crippen molar-refractivity contribution in [2.45, 2.75) is 19.1 Å². The first-order valence-electron chi connectivity index (χ1n) is 9.50. The highest BCUT2D eigenvalue weighted by Gasteiger charge is 2.26. The van der Waals surface area contributed by atoms with Gasteiger partial charge in [-0.1, -0.05) is 47.5 Å². The van der Waals surface area contributed by atoms with Gasteiger partial charge in [0.25, 0.3) is 0 Å². The number of allylic oxidation sites excluding steroid dienone is 2. The van der Waals surface area contributed by atoms with Crippen molar-refractivity contribution >= 4 is 40.3 Å². The highest BCUT2D eigenvalue weighted by molar-refractivity contribution is 6.39. The molecule has 0 spiro atoms. The van der Waals surface area contributed by atoms with Crippen LogP contribution >= 0.6 is 23.2 Å². The Bertz CT molecular complexity index is 964. The summed E-state index contributed by atoms with van der Waals surface area (Å²) in [6, 6.07) is 7.62. The Hall–Kier alpha value is -2.47. The Labute approximate surface area is 180 Å². The molecule has 1 aliphatic carbocycles. The molecule has 150 valence electrons. The van der Waals surface area contributed by atoms with Crippen LogP contribution in [0.2, 0.25) is 10.0 Å². The quantitative estimate of drug-likeness (QED) is 0.498. The zero-order valence-electron chi connectivity index (χ0n) is 15.7. The molecule has 7 heteroatoms. The molecule has 2 aliphatic rings. The fraction of sp³-hybridized carbons (Fsp3) is 0.227. The molecule has 0 radical (unpaired) electrons. The normalized spacial score (nSPS) is 19.5. The van der Waals surface area contributed by atoms with Crippen LogP contribution in [-0.2, 0) is 6.61 Å². The Morgan fingerprint density at radius 3 is 2.66 bits per heavy atom. The van der Waals surface area contributed by atoms with E-state index in [2.05, 4.69) is 51.4 Å². The number of nitrogens with zero attached hydrogens (tertiary/aromatic N) is 1. The van der Waals surface area contributed by atoms with Crippen molar-refractivity contribution in [3.05, 3.63) is 82.3 Å². The maximum Gasteiger partial charge on any atom is 0.0853 e. The van der Waals surface area contributed by atoms with Crippen molar-refractivity contribution in [1.82, 2.24) is 10.3 Å². The van der Waals surface area contributed by atoms with Gasteiger partial charge in [-0.2, -0.15) is 0 Å². The summed E-state index contributed by atoms with van der Waals surface area (Å²) >= 11 is 13.0. The highest BCUT2D eigenvalue weighted by Crippen LogP contribution is 2.35. The molecule has 2 heterocycles. The average molecular weight is 429 g/mol. The number of rotatable bonds is 7. The van der Waals surface area contributed by atoms with Crippen molar-refractivity contribution in [2.75, 3.05) is 17.2 Å². The zero-order chi connectivity index (χ0) is 20.2. The number of anilines is 3. The number of hydrogen-bond acceptors (Lipinski definition) is 5. The molecule has 1 aromatic carbocycles. The van der Waals surface area contributed by atoms with E-state index in [0.717, 1.165) is 30.0 Å². The van der Waals surface area contributed by atoms with E-state index >= 15 is 0 Å². The van der Waals surface area contributed by atoms with E-state index in [0.29, 0.717) is 27.7 Å². The Balaban J connectivity index is 1.38. The van der Waals surface area contributed by atoms with Crippen molar-refractivity contribution in [3.8, 4) is 0 Å². The van der Waals surface area contributed by atoms with E-state index in [-0.39, 0.29) is 6.61 Å². The highest BCUT2D eigenvalue weighted by atomic mass is 35.5. The van der Waals surface area contributed by atoms with E-state index in [1.165, 1.54) is 5.57 Å². The Morgan fingerprint density at radius 1 is 1.07 bits per heavy atom. The molecular weight excluding hydrogens is 407 g/mol. The SMILES string of the molecule is OCc1cc(Nc2cc(Cl)c(NCCC3=CNC4C=CC=CC34)c(Cl)c2)ccn1. The molecule has 1 aliphatic heterocycles. The van der Waals surface area contributed by atoms with Crippen LogP contribution in [-0.4, -0.2) is 22.7 Å². The lowest BCUT2D eigenvalue weighted by atomic mass is 9.90. The largest absolute Gasteiger partial charge is 0.390 e. The summed E-state index contributed by atoms with van der Waals surface area (Å²) in [4.78, 5) is 4.07. The van der Waals surface area contributed by atoms with Crippen LogP contribution in [0.4, 0.5) is 17.1 Å². The standard InChI is InChI=1S/C22H22Cl2N4O/c23-19-10-16(28-15-6-8-25-17(9-15)13-29)11-20(24)22(19)26-7-5-14-12-27-21-4-2-1-3-18(14)21/h1-4,6,8-12,18,21,26-27,29H,5,7,13H2,(H,25,28). The molecule has 0 fully saturated rings. The van der Waals surface area contributed by atoms with Crippen molar-refractivity contribution in [1.29, 1.82) is 0 Å². The molecule has 1 aromatic heterocycles. The van der Waals surface area contributed by atoms with Crippen LogP contribution in [0.1, 0.15) is 12.1 Å². The number of halogens is 2. The van der Waals surface area contributed by atoms with Crippen LogP contribution in [0.15, 0.2) is 66.5 Å². The fourth-order valence-electron chi connectivity index (χ4n) is 3.61. The summed E-state index contributed by atoms with van der Waals surface area (Å²) < 4.78 is 0. The fourth-order valence-corrected chi connectivity index (χ4v) is 4.23. The van der Waals surface area contributed by atoms with Gasteiger partial charge in [-0.05, 0) is 42.5 Å². The number of aromatic nitrogens is 1. The Morgan fingerprint density at radius 2 is 1.86 bits per heavy atom. The number of hydrogen-bond donors (Lipinski definition) is 4. The third kappa shape index (κ3) is 4.58. The van der Waals surface area contributed by atoms with E-state index in [1.54, 1.807) is 12.3 Å². The van der Waals surface area contributed by atoms with Gasteiger partial charge in [0.2, 0.25) is 0 Å². The van der Waals surface area contributed by atoms with Gasteiger partial charge in [0.15, 0.2) is 0 Å². The van der Waals surface area contributed by atoms with Gasteiger partial charge in [-0.25, -0.2) is 0 Å². The van der Waals surface area contributed by atoms with Crippen LogP contribution in [0.25, 0.3) is 0 Å². The van der Waals surface area contributed by atoms with Crippen LogP contribution in [0.3, 0.4) is 0 Å². The smallest absolute Gasteiger partial charge is 0.0853 e. The van der Waals surface area contributed by atoms with Gasteiger partial charge in [0.1, 0.15) is 0 Å². The predicted molar refractivity (Wildman–Crippen MR) is 120 cm³/mol. The second-order valence-corrected chi connectivity index (χ2v) is 7.83. The van der Waals surface area contributed by atoms with E-state index in [9.17, 15) is 5.11 Å². The first-order chi connectivity index (χ1) is 14.1. The minimum absolute atomic E-state index is 0.112. The molecular formula is C22H22Cl2N4O. The lowest BCUT2D eigenvalue weighted by Gasteiger charge is -2.19. The maximum absolute atomic E-state index is 9.22. The third-order valence-electron chi connectivity index (χ3n) is 5.05. The Kier molecular flexibility index (Phi) is 6.09. The van der Waals surface area contributed by atoms with Crippen molar-refractivity contribution < 1.29 is 5.11 Å². The molecule has 4 rings (SSSR count). The lowest BCUT2D eigenvalue weighted by molar-refractivity contribution is 0.277. The second-order valence-electron chi connectivity index (χ2n) is 7.02. The van der Waals surface area contributed by atoms with Gasteiger partial charge in [0.05, 0.1) is 34.1 Å². The number of fused-ring (bicyclic) bond motifs is 1. The number of nitrogens with one attached hydrogen (secondary N) is 3. The molecule has 0 saturated heterocycles. The van der Waals surface area contributed by atoms with Crippen molar-refractivity contribution in [3.63, 3.8) is 0 Å². The van der Waals surface area contributed by atoms with Gasteiger partial charge < -0.3 is 21.1 Å². The minimum atomic E-state index is -0.112. The van der Waals surface area contributed by atoms with Crippen LogP contribution in [0.5, 0.6) is 0 Å². The molecule has 29 heavy (non-hydrogen) atoms. The summed E-state index contributed by atoms with van der Waals surface area (Å²) in [6.07, 6.45) is 13.3. The third-order valence-corrected chi connectivity index (χ3v) is 5.65. The molecule has 2 atom stereocenters. The lowest BCUT2D eigenvalue weighted by Crippen LogP contribution is -2.25. The second kappa shape index (κ2) is 8.91. The van der Waals surface area contributed by atoms with E-state index in [4.69, 9.17) is 23.2 Å². The zero-order valence-corrected chi connectivity index (χ0v) is 17.2. The number of aliphatic hydroxyl groups is 1. The van der Waals surface area contributed by atoms with E-state index in [1.807, 2.05) is 18.2 Å². The minimum Gasteiger partial charge on any atom is -0.390 e. The van der Waals surface area contributed by atoms with Gasteiger partial charge >= 0.3 is 0 Å². The summed E-state index contributed by atoms with van der Waals surface area (Å²) in [7, 11) is 0. The van der Waals surface area contributed by atoms with Crippen LogP contribution < -0.4 is 16.0 Å². The van der Waals surface area contributed by atoms with Crippen LogP contribution in [0, 0.1) is 5.92 Å². The molecule has 0 amide bonds.